The third-order valence-corrected chi connectivity index (χ3v) is 4.37. The quantitative estimate of drug-likeness (QED) is 0.704. The molecule has 0 spiro atoms. The molecule has 0 fully saturated rings. The topological polar surface area (TPSA) is 26.3 Å². The fourth-order valence-electron chi connectivity index (χ4n) is 2.60. The molecular formula is C20H23ClO2. The van der Waals surface area contributed by atoms with Gasteiger partial charge in [0.2, 0.25) is 0 Å². The van der Waals surface area contributed by atoms with Crippen LogP contribution in [-0.2, 0) is 17.6 Å². The molecule has 0 saturated heterocycles. The summed E-state index contributed by atoms with van der Waals surface area (Å²) in [5.74, 6) is 1.12. The first kappa shape index (κ1) is 17.6. The van der Waals surface area contributed by atoms with Crippen molar-refractivity contribution in [1.82, 2.24) is 0 Å². The monoisotopic (exact) mass is 330 g/mol. The normalized spacial score (nSPS) is 11.3. The largest absolute Gasteiger partial charge is 0.497 e. The Labute approximate surface area is 143 Å². The smallest absolute Gasteiger partial charge is 0.139 e. The van der Waals surface area contributed by atoms with Crippen LogP contribution in [0.15, 0.2) is 48.5 Å². The maximum atomic E-state index is 12.6. The van der Waals surface area contributed by atoms with Crippen LogP contribution < -0.4 is 4.74 Å². The van der Waals surface area contributed by atoms with E-state index < -0.39 is 0 Å². The Morgan fingerprint density at radius 3 is 2.13 bits per heavy atom. The number of methoxy groups -OCH3 is 1. The van der Waals surface area contributed by atoms with Gasteiger partial charge in [-0.05, 0) is 48.2 Å². The highest BCUT2D eigenvalue weighted by molar-refractivity contribution is 6.30. The minimum Gasteiger partial charge on any atom is -0.497 e. The molecule has 0 radical (unpaired) electrons. The lowest BCUT2D eigenvalue weighted by Gasteiger charge is -2.23. The van der Waals surface area contributed by atoms with E-state index in [4.69, 9.17) is 16.3 Å². The Morgan fingerprint density at radius 2 is 1.57 bits per heavy atom. The predicted octanol–water partition coefficient (Wildman–Crippen LogP) is 5.12. The molecule has 0 heterocycles. The molecule has 23 heavy (non-hydrogen) atoms. The van der Waals surface area contributed by atoms with Gasteiger partial charge < -0.3 is 4.74 Å². The number of carbonyl (C=O) groups excluding carboxylic acids is 1. The van der Waals surface area contributed by atoms with E-state index in [1.54, 1.807) is 7.11 Å². The standard InChI is InChI=1S/C20H23ClO2/c1-20(2,14-16-4-9-17(21)10-5-16)19(22)13-8-15-6-11-18(23-3)12-7-15/h4-7,9-12H,8,13-14H2,1-3H3. The van der Waals surface area contributed by atoms with Crippen LogP contribution in [0.4, 0.5) is 0 Å². The molecule has 2 nitrogen and oxygen atoms in total. The van der Waals surface area contributed by atoms with Crippen LogP contribution in [-0.4, -0.2) is 12.9 Å². The number of halogens is 1. The zero-order valence-corrected chi connectivity index (χ0v) is 14.7. The summed E-state index contributed by atoms with van der Waals surface area (Å²) in [4.78, 5) is 12.6. The fourth-order valence-corrected chi connectivity index (χ4v) is 2.73. The third kappa shape index (κ3) is 5.11. The van der Waals surface area contributed by atoms with Gasteiger partial charge in [-0.1, -0.05) is 49.7 Å². The number of ketones is 1. The lowest BCUT2D eigenvalue weighted by Crippen LogP contribution is -2.27. The molecule has 0 aliphatic heterocycles. The second-order valence-corrected chi connectivity index (χ2v) is 6.89. The van der Waals surface area contributed by atoms with E-state index in [0.717, 1.165) is 34.7 Å². The van der Waals surface area contributed by atoms with Crippen molar-refractivity contribution < 1.29 is 9.53 Å². The molecule has 0 unspecified atom stereocenters. The van der Waals surface area contributed by atoms with E-state index in [2.05, 4.69) is 0 Å². The van der Waals surface area contributed by atoms with E-state index in [9.17, 15) is 4.79 Å². The molecule has 2 rings (SSSR count). The third-order valence-electron chi connectivity index (χ3n) is 4.11. The Kier molecular flexibility index (Phi) is 5.84. The van der Waals surface area contributed by atoms with Gasteiger partial charge in [0, 0.05) is 16.9 Å². The van der Waals surface area contributed by atoms with Gasteiger partial charge in [0.25, 0.3) is 0 Å². The number of carbonyl (C=O) groups is 1. The predicted molar refractivity (Wildman–Crippen MR) is 95.3 cm³/mol. The molecule has 0 N–H and O–H groups in total. The van der Waals surface area contributed by atoms with Gasteiger partial charge in [0.1, 0.15) is 11.5 Å². The molecule has 0 atom stereocenters. The molecule has 2 aromatic carbocycles. The van der Waals surface area contributed by atoms with Gasteiger partial charge in [-0.2, -0.15) is 0 Å². The SMILES string of the molecule is COc1ccc(CCC(=O)C(C)(C)Cc2ccc(Cl)cc2)cc1. The number of hydrogen-bond acceptors (Lipinski definition) is 2. The van der Waals surface area contributed by atoms with Crippen LogP contribution in [0.2, 0.25) is 5.02 Å². The van der Waals surface area contributed by atoms with Gasteiger partial charge in [0.05, 0.1) is 7.11 Å². The van der Waals surface area contributed by atoms with Crippen molar-refractivity contribution in [3.05, 3.63) is 64.7 Å². The highest BCUT2D eigenvalue weighted by Gasteiger charge is 2.27. The molecule has 0 aromatic heterocycles. The summed E-state index contributed by atoms with van der Waals surface area (Å²) in [7, 11) is 1.65. The van der Waals surface area contributed by atoms with Crippen molar-refractivity contribution >= 4 is 17.4 Å². The van der Waals surface area contributed by atoms with Crippen molar-refractivity contribution in [2.24, 2.45) is 5.41 Å². The lowest BCUT2D eigenvalue weighted by atomic mass is 9.79. The number of hydrogen-bond donors (Lipinski definition) is 0. The van der Waals surface area contributed by atoms with Crippen LogP contribution in [0.1, 0.15) is 31.4 Å². The summed E-state index contributed by atoms with van der Waals surface area (Å²) in [6, 6.07) is 15.6. The number of benzene rings is 2. The van der Waals surface area contributed by atoms with Gasteiger partial charge in [-0.15, -0.1) is 0 Å². The fraction of sp³-hybridized carbons (Fsp3) is 0.350. The minimum absolute atomic E-state index is 0.281. The molecule has 0 bridgehead atoms. The van der Waals surface area contributed by atoms with E-state index in [1.165, 1.54) is 0 Å². The number of ether oxygens (including phenoxy) is 1. The first-order valence-corrected chi connectivity index (χ1v) is 8.19. The zero-order chi connectivity index (χ0) is 16.9. The van der Waals surface area contributed by atoms with Crippen molar-refractivity contribution in [3.8, 4) is 5.75 Å². The molecule has 0 amide bonds. The highest BCUT2D eigenvalue weighted by atomic mass is 35.5. The zero-order valence-electron chi connectivity index (χ0n) is 13.9. The average molecular weight is 331 g/mol. The van der Waals surface area contributed by atoms with Crippen LogP contribution in [0, 0.1) is 5.41 Å². The van der Waals surface area contributed by atoms with Crippen LogP contribution >= 0.6 is 11.6 Å². The first-order chi connectivity index (χ1) is 10.9. The van der Waals surface area contributed by atoms with E-state index in [1.807, 2.05) is 62.4 Å². The Morgan fingerprint density at radius 1 is 1.00 bits per heavy atom. The summed E-state index contributed by atoms with van der Waals surface area (Å²) in [6.45, 7) is 4.02. The van der Waals surface area contributed by atoms with Gasteiger partial charge in [0.15, 0.2) is 0 Å². The first-order valence-electron chi connectivity index (χ1n) is 7.81. The van der Waals surface area contributed by atoms with Crippen LogP contribution in [0.5, 0.6) is 5.75 Å². The molecular weight excluding hydrogens is 308 g/mol. The van der Waals surface area contributed by atoms with Crippen molar-refractivity contribution in [1.29, 1.82) is 0 Å². The second kappa shape index (κ2) is 7.65. The van der Waals surface area contributed by atoms with Crippen molar-refractivity contribution in [2.75, 3.05) is 7.11 Å². The van der Waals surface area contributed by atoms with Crippen LogP contribution in [0.3, 0.4) is 0 Å². The van der Waals surface area contributed by atoms with Crippen LogP contribution in [0.25, 0.3) is 0 Å². The van der Waals surface area contributed by atoms with Gasteiger partial charge >= 0.3 is 0 Å². The molecule has 3 heteroatoms. The Bertz CT molecular complexity index is 642. The maximum Gasteiger partial charge on any atom is 0.139 e. The van der Waals surface area contributed by atoms with Gasteiger partial charge in [-0.25, -0.2) is 0 Å². The summed E-state index contributed by atoms with van der Waals surface area (Å²) in [5, 5.41) is 0.720. The maximum absolute atomic E-state index is 12.6. The van der Waals surface area contributed by atoms with E-state index in [-0.39, 0.29) is 11.2 Å². The molecule has 122 valence electrons. The Hall–Kier alpha value is -1.80. The molecule has 0 saturated carbocycles. The lowest BCUT2D eigenvalue weighted by molar-refractivity contribution is -0.127. The number of aryl methyl sites for hydroxylation is 1. The summed E-state index contributed by atoms with van der Waals surface area (Å²) in [6.07, 6.45) is 2.03. The molecule has 0 aliphatic rings. The Balaban J connectivity index is 1.93. The summed E-state index contributed by atoms with van der Waals surface area (Å²) < 4.78 is 5.15. The number of rotatable bonds is 7. The molecule has 0 aliphatic carbocycles. The number of Topliss-reactive ketones (excluding diaryl/α,β-unsaturated/α-hetero) is 1. The van der Waals surface area contributed by atoms with Crippen molar-refractivity contribution in [3.63, 3.8) is 0 Å². The second-order valence-electron chi connectivity index (χ2n) is 6.46. The summed E-state index contributed by atoms with van der Waals surface area (Å²) >= 11 is 5.91. The van der Waals surface area contributed by atoms with Gasteiger partial charge in [-0.3, -0.25) is 4.79 Å². The minimum atomic E-state index is -0.375. The van der Waals surface area contributed by atoms with Crippen molar-refractivity contribution in [2.45, 2.75) is 33.1 Å². The average Bonchev–Trinajstić information content (AvgIpc) is 2.55. The summed E-state index contributed by atoms with van der Waals surface area (Å²) in [5.41, 5.74) is 1.92. The molecule has 2 aromatic rings. The van der Waals surface area contributed by atoms with E-state index >= 15 is 0 Å². The van der Waals surface area contributed by atoms with E-state index in [0.29, 0.717) is 6.42 Å². The highest BCUT2D eigenvalue weighted by Crippen LogP contribution is 2.26.